The summed E-state index contributed by atoms with van der Waals surface area (Å²) in [5, 5.41) is 25.8. The highest BCUT2D eigenvalue weighted by Gasteiger charge is 2.52. The van der Waals surface area contributed by atoms with Crippen LogP contribution in [0.25, 0.3) is 11.3 Å². The van der Waals surface area contributed by atoms with Crippen molar-refractivity contribution in [1.82, 2.24) is 15.3 Å². The van der Waals surface area contributed by atoms with Gasteiger partial charge in [-0.2, -0.15) is 5.26 Å². The van der Waals surface area contributed by atoms with Crippen LogP contribution in [-0.2, 0) is 14.3 Å². The molecule has 5 N–H and O–H groups in total. The molecular weight excluding hydrogens is 544 g/mol. The third-order valence-electron chi connectivity index (χ3n) is 8.03. The predicted octanol–water partition coefficient (Wildman–Crippen LogP) is 5.04. The third kappa shape index (κ3) is 8.76. The maximum Gasteiger partial charge on any atom is 0.335 e. The number of nitriles is 1. The van der Waals surface area contributed by atoms with Crippen LogP contribution in [0.5, 0.6) is 0 Å². The Morgan fingerprint density at radius 2 is 2.00 bits per heavy atom. The molecule has 3 fully saturated rings. The highest BCUT2D eigenvalue weighted by atomic mass is 35.5. The average molecular weight is 585 g/mol. The standard InChI is InChI=1S/C17H18ClN5O.C13H23NO3/c18-13-9-21-15(20)8-12(13)14-2-1-3-16(23-14)22-11-17(10-19)4-6-24-7-5-17;1-10(14-11-5-3-2-4-6-11)9-17-13(7-8-13)12(15)16/h1-3,8-9H,4-7,11H2,(H2,20,21)(H,22,23);10-11,14H,2-9H2,1H3,(H,15,16)/t;10-/m.1/s1. The van der Waals surface area contributed by atoms with E-state index in [2.05, 4.69) is 33.6 Å². The SMILES string of the molecule is C[C@H](COC1(C(=O)O)CC1)NC1CCCCC1.N#CC1(CNc2cccc(-c3cc(N)ncc3Cl)n2)CCOCC1. The summed E-state index contributed by atoms with van der Waals surface area (Å²) in [7, 11) is 0. The number of nitrogens with two attached hydrogens (primary N) is 1. The Morgan fingerprint density at radius 3 is 2.66 bits per heavy atom. The summed E-state index contributed by atoms with van der Waals surface area (Å²) < 4.78 is 10.9. The second-order valence-electron chi connectivity index (χ2n) is 11.4. The summed E-state index contributed by atoms with van der Waals surface area (Å²) >= 11 is 6.19. The number of carboxylic acids is 1. The highest BCUT2D eigenvalue weighted by molar-refractivity contribution is 6.33. The number of aromatic nitrogens is 2. The fourth-order valence-corrected chi connectivity index (χ4v) is 5.42. The third-order valence-corrected chi connectivity index (χ3v) is 8.33. The van der Waals surface area contributed by atoms with E-state index in [0.717, 1.165) is 18.4 Å². The predicted molar refractivity (Wildman–Crippen MR) is 159 cm³/mol. The van der Waals surface area contributed by atoms with Crippen LogP contribution >= 0.6 is 11.6 Å². The zero-order valence-electron chi connectivity index (χ0n) is 23.7. The van der Waals surface area contributed by atoms with E-state index in [0.29, 0.717) is 67.6 Å². The molecule has 2 aromatic rings. The molecule has 10 nitrogen and oxygen atoms in total. The lowest BCUT2D eigenvalue weighted by Gasteiger charge is -2.30. The van der Waals surface area contributed by atoms with Crippen LogP contribution in [0.1, 0.15) is 64.7 Å². The van der Waals surface area contributed by atoms with Gasteiger partial charge in [-0.25, -0.2) is 14.8 Å². The van der Waals surface area contributed by atoms with Gasteiger partial charge < -0.3 is 30.9 Å². The number of hydrogen-bond donors (Lipinski definition) is 4. The molecular formula is C30H41ClN6O4. The quantitative estimate of drug-likeness (QED) is 0.298. The smallest absolute Gasteiger partial charge is 0.335 e. The van der Waals surface area contributed by atoms with Gasteiger partial charge in [0.25, 0.3) is 0 Å². The van der Waals surface area contributed by atoms with Gasteiger partial charge in [-0.3, -0.25) is 0 Å². The molecule has 41 heavy (non-hydrogen) atoms. The molecule has 0 amide bonds. The van der Waals surface area contributed by atoms with E-state index in [4.69, 9.17) is 31.9 Å². The van der Waals surface area contributed by atoms with E-state index in [9.17, 15) is 10.1 Å². The lowest BCUT2D eigenvalue weighted by molar-refractivity contribution is -0.154. The van der Waals surface area contributed by atoms with Crippen LogP contribution in [0.15, 0.2) is 30.5 Å². The summed E-state index contributed by atoms with van der Waals surface area (Å²) in [6.45, 7) is 4.36. The lowest BCUT2D eigenvalue weighted by Crippen LogP contribution is -2.42. The molecule has 2 aromatic heterocycles. The molecule has 3 aliphatic rings. The Labute approximate surface area is 247 Å². The number of rotatable bonds is 10. The van der Waals surface area contributed by atoms with Gasteiger partial charge in [0.15, 0.2) is 5.60 Å². The second-order valence-corrected chi connectivity index (χ2v) is 11.8. The fraction of sp³-hybridized carbons (Fsp3) is 0.600. The summed E-state index contributed by atoms with van der Waals surface area (Å²) in [4.78, 5) is 19.5. The van der Waals surface area contributed by atoms with Gasteiger partial charge in [0.2, 0.25) is 0 Å². The molecule has 1 atom stereocenters. The Balaban J connectivity index is 0.000000201. The van der Waals surface area contributed by atoms with Gasteiger partial charge in [0, 0.05) is 43.6 Å². The molecule has 222 valence electrons. The van der Waals surface area contributed by atoms with Crippen molar-refractivity contribution < 1.29 is 19.4 Å². The van der Waals surface area contributed by atoms with Crippen molar-refractivity contribution in [2.24, 2.45) is 5.41 Å². The van der Waals surface area contributed by atoms with Gasteiger partial charge >= 0.3 is 5.97 Å². The number of nitrogens with zero attached hydrogens (tertiary/aromatic N) is 3. The van der Waals surface area contributed by atoms with E-state index < -0.39 is 17.0 Å². The molecule has 1 aliphatic heterocycles. The molecule has 0 spiro atoms. The number of ether oxygens (including phenoxy) is 2. The zero-order chi connectivity index (χ0) is 29.3. The topological polar surface area (TPSA) is 155 Å². The van der Waals surface area contributed by atoms with E-state index in [1.54, 1.807) is 6.07 Å². The maximum absolute atomic E-state index is 10.9. The van der Waals surface area contributed by atoms with Crippen molar-refractivity contribution >= 4 is 29.2 Å². The summed E-state index contributed by atoms with van der Waals surface area (Å²) in [5.41, 5.74) is 5.92. The van der Waals surface area contributed by atoms with Crippen molar-refractivity contribution in [1.29, 1.82) is 5.26 Å². The van der Waals surface area contributed by atoms with E-state index in [1.165, 1.54) is 38.3 Å². The monoisotopic (exact) mass is 584 g/mol. The van der Waals surface area contributed by atoms with Crippen LogP contribution in [0.3, 0.4) is 0 Å². The first-order chi connectivity index (χ1) is 19.7. The van der Waals surface area contributed by atoms with Crippen LogP contribution in [-0.4, -0.2) is 65.1 Å². The Bertz CT molecular complexity index is 1210. The average Bonchev–Trinajstić information content (AvgIpc) is 3.79. The number of aliphatic carboxylic acids is 1. The first-order valence-electron chi connectivity index (χ1n) is 14.5. The van der Waals surface area contributed by atoms with Crippen molar-refractivity contribution in [2.45, 2.75) is 82.4 Å². The molecule has 0 unspecified atom stereocenters. The van der Waals surface area contributed by atoms with Gasteiger partial charge in [0.05, 0.1) is 28.8 Å². The first-order valence-corrected chi connectivity index (χ1v) is 14.9. The highest BCUT2D eigenvalue weighted by Crippen LogP contribution is 2.39. The molecule has 3 heterocycles. The largest absolute Gasteiger partial charge is 0.479 e. The Hall–Kier alpha value is -2.97. The number of hydrogen-bond acceptors (Lipinski definition) is 9. The fourth-order valence-electron chi connectivity index (χ4n) is 5.22. The van der Waals surface area contributed by atoms with Gasteiger partial charge in [0.1, 0.15) is 11.6 Å². The van der Waals surface area contributed by atoms with E-state index in [-0.39, 0.29) is 6.04 Å². The van der Waals surface area contributed by atoms with Crippen LogP contribution in [0.2, 0.25) is 5.02 Å². The molecule has 11 heteroatoms. The van der Waals surface area contributed by atoms with Crippen molar-refractivity contribution in [3.8, 4) is 17.3 Å². The number of nitrogen functional groups attached to an aromatic ring is 1. The van der Waals surface area contributed by atoms with Gasteiger partial charge in [-0.05, 0) is 63.6 Å². The van der Waals surface area contributed by atoms with Crippen LogP contribution < -0.4 is 16.4 Å². The normalized spacial score (nSPS) is 20.1. The second kappa shape index (κ2) is 14.3. The maximum atomic E-state index is 10.9. The van der Waals surface area contributed by atoms with Gasteiger partial charge in [-0.1, -0.05) is 36.9 Å². The molecule has 0 aromatic carbocycles. The number of pyridine rings is 2. The molecule has 2 aliphatic carbocycles. The Morgan fingerprint density at radius 1 is 1.27 bits per heavy atom. The van der Waals surface area contributed by atoms with Crippen molar-refractivity contribution in [3.05, 3.63) is 35.5 Å². The summed E-state index contributed by atoms with van der Waals surface area (Å²) in [5.74, 6) is 0.280. The van der Waals surface area contributed by atoms with Crippen LogP contribution in [0.4, 0.5) is 11.6 Å². The number of halogens is 1. The van der Waals surface area contributed by atoms with E-state index in [1.807, 2.05) is 18.2 Å². The van der Waals surface area contributed by atoms with Crippen LogP contribution in [0, 0.1) is 16.7 Å². The molecule has 5 rings (SSSR count). The van der Waals surface area contributed by atoms with Gasteiger partial charge in [-0.15, -0.1) is 0 Å². The molecule has 0 radical (unpaired) electrons. The minimum absolute atomic E-state index is 0.245. The molecule has 0 bridgehead atoms. The molecule has 1 saturated heterocycles. The van der Waals surface area contributed by atoms with Crippen molar-refractivity contribution in [2.75, 3.05) is 37.4 Å². The Kier molecular flexibility index (Phi) is 10.8. The lowest BCUT2D eigenvalue weighted by atomic mass is 9.82. The summed E-state index contributed by atoms with van der Waals surface area (Å²) in [6.07, 6.45) is 10.8. The van der Waals surface area contributed by atoms with E-state index >= 15 is 0 Å². The summed E-state index contributed by atoms with van der Waals surface area (Å²) in [6, 6.07) is 10.6. The number of nitrogens with one attached hydrogen (secondary N) is 2. The zero-order valence-corrected chi connectivity index (χ0v) is 24.5. The minimum Gasteiger partial charge on any atom is -0.479 e. The number of carboxylic acid groups (broad SMARTS) is 1. The van der Waals surface area contributed by atoms with Crippen molar-refractivity contribution in [3.63, 3.8) is 0 Å². The molecule has 2 saturated carbocycles. The number of anilines is 2. The minimum atomic E-state index is -0.845. The number of carbonyl (C=O) groups is 1. The first kappa shape index (κ1) is 31.0.